The Morgan fingerprint density at radius 1 is 1.26 bits per heavy atom. The zero-order valence-electron chi connectivity index (χ0n) is 15.9. The molecule has 1 aromatic heterocycles. The molecule has 0 bridgehead atoms. The van der Waals surface area contributed by atoms with Crippen molar-refractivity contribution in [3.8, 4) is 17.0 Å². The van der Waals surface area contributed by atoms with Gasteiger partial charge >= 0.3 is 0 Å². The van der Waals surface area contributed by atoms with Crippen LogP contribution < -0.4 is 15.6 Å². The summed E-state index contributed by atoms with van der Waals surface area (Å²) in [6, 6.07) is 10.7. The van der Waals surface area contributed by atoms with Crippen LogP contribution in [0.1, 0.15) is 12.8 Å². The fraction of sp³-hybridized carbons (Fsp3) is 0.450. The number of benzene rings is 1. The highest BCUT2D eigenvalue weighted by Gasteiger charge is 2.23. The summed E-state index contributed by atoms with van der Waals surface area (Å²) in [7, 11) is 3.65. The average Bonchev–Trinajstić information content (AvgIpc) is 2.69. The molecule has 1 aliphatic rings. The number of ether oxygens (including phenoxy) is 1. The Labute approximate surface area is 158 Å². The highest BCUT2D eigenvalue weighted by Crippen LogP contribution is 2.19. The molecule has 1 fully saturated rings. The zero-order chi connectivity index (χ0) is 19.2. The molecule has 1 amide bonds. The van der Waals surface area contributed by atoms with Crippen LogP contribution in [0.5, 0.6) is 5.75 Å². The number of rotatable bonds is 6. The van der Waals surface area contributed by atoms with Crippen LogP contribution in [0.15, 0.2) is 41.2 Å². The predicted molar refractivity (Wildman–Crippen MR) is 104 cm³/mol. The quantitative estimate of drug-likeness (QED) is 0.831. The van der Waals surface area contributed by atoms with Crippen molar-refractivity contribution in [3.63, 3.8) is 0 Å². The second-order valence-corrected chi connectivity index (χ2v) is 6.90. The number of amides is 1. The molecule has 0 saturated carbocycles. The minimum absolute atomic E-state index is 0.0269. The van der Waals surface area contributed by atoms with E-state index in [9.17, 15) is 9.59 Å². The van der Waals surface area contributed by atoms with E-state index >= 15 is 0 Å². The fourth-order valence-electron chi connectivity index (χ4n) is 3.33. The lowest BCUT2D eigenvalue weighted by Crippen LogP contribution is -2.42. The smallest absolute Gasteiger partial charge is 0.266 e. The van der Waals surface area contributed by atoms with Crippen molar-refractivity contribution in [2.24, 2.45) is 5.92 Å². The Morgan fingerprint density at radius 3 is 2.74 bits per heavy atom. The molecule has 27 heavy (non-hydrogen) atoms. The molecule has 1 unspecified atom stereocenters. The Bertz CT molecular complexity index is 832. The molecular weight excluding hydrogens is 344 g/mol. The molecule has 1 aliphatic heterocycles. The third kappa shape index (κ3) is 4.95. The van der Waals surface area contributed by atoms with Gasteiger partial charge in [-0.05, 0) is 56.8 Å². The molecule has 3 rings (SSSR count). The summed E-state index contributed by atoms with van der Waals surface area (Å²) in [5.41, 5.74) is 1.43. The minimum atomic E-state index is -0.182. The van der Waals surface area contributed by atoms with Gasteiger partial charge in [0.1, 0.15) is 5.75 Å². The molecule has 0 radical (unpaired) electrons. The maximum atomic E-state index is 12.3. The summed E-state index contributed by atoms with van der Waals surface area (Å²) in [6.45, 7) is 2.56. The Morgan fingerprint density at radius 2 is 2.04 bits per heavy atom. The number of carbonyl (C=O) groups excluding carboxylic acids is 1. The van der Waals surface area contributed by atoms with Gasteiger partial charge in [0, 0.05) is 24.7 Å². The molecule has 2 aromatic rings. The predicted octanol–water partition coefficient (Wildman–Crippen LogP) is 1.38. The van der Waals surface area contributed by atoms with Crippen molar-refractivity contribution in [2.45, 2.75) is 19.4 Å². The molecule has 7 heteroatoms. The SMILES string of the molecule is COc1ccc(-c2ccc(=O)n(CCNC(=O)C3CCCN(C)C3)n2)cc1. The Hall–Kier alpha value is -2.67. The summed E-state index contributed by atoms with van der Waals surface area (Å²) in [5.74, 6) is 0.850. The highest BCUT2D eigenvalue weighted by molar-refractivity contribution is 5.78. The first-order valence-electron chi connectivity index (χ1n) is 9.25. The van der Waals surface area contributed by atoms with Crippen LogP contribution in [-0.4, -0.2) is 54.4 Å². The van der Waals surface area contributed by atoms with Gasteiger partial charge in [0.25, 0.3) is 5.56 Å². The number of piperidine rings is 1. The van der Waals surface area contributed by atoms with Gasteiger partial charge in [-0.15, -0.1) is 0 Å². The van der Waals surface area contributed by atoms with Crippen molar-refractivity contribution >= 4 is 5.91 Å². The lowest BCUT2D eigenvalue weighted by Gasteiger charge is -2.28. The lowest BCUT2D eigenvalue weighted by molar-refractivity contribution is -0.126. The van der Waals surface area contributed by atoms with Crippen LogP contribution in [0.2, 0.25) is 0 Å². The fourth-order valence-corrected chi connectivity index (χ4v) is 3.33. The van der Waals surface area contributed by atoms with Crippen molar-refractivity contribution in [2.75, 3.05) is 33.8 Å². The van der Waals surface area contributed by atoms with Crippen LogP contribution >= 0.6 is 0 Å². The van der Waals surface area contributed by atoms with E-state index in [2.05, 4.69) is 15.3 Å². The van der Waals surface area contributed by atoms with Gasteiger partial charge in [0.2, 0.25) is 5.91 Å². The van der Waals surface area contributed by atoms with Gasteiger partial charge in [-0.3, -0.25) is 9.59 Å². The monoisotopic (exact) mass is 370 g/mol. The highest BCUT2D eigenvalue weighted by atomic mass is 16.5. The van der Waals surface area contributed by atoms with Crippen LogP contribution in [0, 0.1) is 5.92 Å². The summed E-state index contributed by atoms with van der Waals surface area (Å²) in [6.07, 6.45) is 1.96. The van der Waals surface area contributed by atoms with Crippen molar-refractivity contribution in [1.29, 1.82) is 0 Å². The maximum Gasteiger partial charge on any atom is 0.266 e. The van der Waals surface area contributed by atoms with Gasteiger partial charge < -0.3 is 15.0 Å². The number of nitrogens with zero attached hydrogens (tertiary/aromatic N) is 3. The number of hydrogen-bond acceptors (Lipinski definition) is 5. The third-order valence-corrected chi connectivity index (χ3v) is 4.87. The number of nitrogens with one attached hydrogen (secondary N) is 1. The van der Waals surface area contributed by atoms with Gasteiger partial charge in [0.05, 0.1) is 25.3 Å². The zero-order valence-corrected chi connectivity index (χ0v) is 15.9. The summed E-state index contributed by atoms with van der Waals surface area (Å²) in [5, 5.41) is 7.36. The molecule has 144 valence electrons. The molecular formula is C20H26N4O3. The largest absolute Gasteiger partial charge is 0.497 e. The van der Waals surface area contributed by atoms with E-state index in [1.807, 2.05) is 31.3 Å². The first kappa shape index (κ1) is 19.1. The van der Waals surface area contributed by atoms with E-state index < -0.39 is 0 Å². The average molecular weight is 370 g/mol. The van der Waals surface area contributed by atoms with Crippen LogP contribution in [0.4, 0.5) is 0 Å². The molecule has 1 aromatic carbocycles. The Balaban J connectivity index is 1.61. The standard InChI is InChI=1S/C20H26N4O3/c1-23-12-3-4-16(14-23)20(26)21-11-13-24-19(25)10-9-18(22-24)15-5-7-17(27-2)8-6-15/h5-10,16H,3-4,11-14H2,1-2H3,(H,21,26). The van der Waals surface area contributed by atoms with Crippen LogP contribution in [0.25, 0.3) is 11.3 Å². The van der Waals surface area contributed by atoms with Crippen molar-refractivity contribution in [1.82, 2.24) is 20.0 Å². The number of aromatic nitrogens is 2. The van der Waals surface area contributed by atoms with E-state index in [4.69, 9.17) is 4.74 Å². The number of methoxy groups -OCH3 is 1. The summed E-state index contributed by atoms with van der Waals surface area (Å²) in [4.78, 5) is 26.6. The Kier molecular flexibility index (Phi) is 6.24. The van der Waals surface area contributed by atoms with E-state index in [0.717, 1.165) is 37.2 Å². The maximum absolute atomic E-state index is 12.3. The van der Waals surface area contributed by atoms with Gasteiger partial charge in [-0.2, -0.15) is 5.10 Å². The van der Waals surface area contributed by atoms with E-state index in [1.165, 1.54) is 10.7 Å². The molecule has 1 N–H and O–H groups in total. The first-order chi connectivity index (χ1) is 13.1. The molecule has 0 spiro atoms. The molecule has 1 saturated heterocycles. The minimum Gasteiger partial charge on any atom is -0.497 e. The summed E-state index contributed by atoms with van der Waals surface area (Å²) < 4.78 is 6.56. The van der Waals surface area contributed by atoms with Gasteiger partial charge in [-0.1, -0.05) is 0 Å². The number of carbonyl (C=O) groups is 1. The third-order valence-electron chi connectivity index (χ3n) is 4.87. The van der Waals surface area contributed by atoms with Gasteiger partial charge in [0.15, 0.2) is 0 Å². The van der Waals surface area contributed by atoms with E-state index in [1.54, 1.807) is 13.2 Å². The van der Waals surface area contributed by atoms with Crippen molar-refractivity contribution in [3.05, 3.63) is 46.8 Å². The molecule has 2 heterocycles. The first-order valence-corrected chi connectivity index (χ1v) is 9.25. The van der Waals surface area contributed by atoms with E-state index in [-0.39, 0.29) is 17.4 Å². The molecule has 7 nitrogen and oxygen atoms in total. The summed E-state index contributed by atoms with van der Waals surface area (Å²) >= 11 is 0. The lowest BCUT2D eigenvalue weighted by atomic mass is 9.98. The van der Waals surface area contributed by atoms with Crippen LogP contribution in [-0.2, 0) is 11.3 Å². The topological polar surface area (TPSA) is 76.5 Å². The number of hydrogen-bond donors (Lipinski definition) is 1. The number of likely N-dealkylation sites (tertiary alicyclic amines) is 1. The second-order valence-electron chi connectivity index (χ2n) is 6.90. The second kappa shape index (κ2) is 8.81. The molecule has 0 aliphatic carbocycles. The van der Waals surface area contributed by atoms with Gasteiger partial charge in [-0.25, -0.2) is 4.68 Å². The van der Waals surface area contributed by atoms with Crippen LogP contribution in [0.3, 0.4) is 0 Å². The normalized spacial score (nSPS) is 17.5. The van der Waals surface area contributed by atoms with Crippen molar-refractivity contribution < 1.29 is 9.53 Å². The van der Waals surface area contributed by atoms with E-state index in [0.29, 0.717) is 18.8 Å². The molecule has 1 atom stereocenters.